The molecule has 6 nitrogen and oxygen atoms in total. The molecule has 34 heavy (non-hydrogen) atoms. The molecule has 1 aliphatic rings. The van der Waals surface area contributed by atoms with Gasteiger partial charge in [0.15, 0.2) is 0 Å². The first-order valence-electron chi connectivity index (χ1n) is 11.2. The fourth-order valence-corrected chi connectivity index (χ4v) is 4.79. The number of carboxylic acids is 1. The van der Waals surface area contributed by atoms with Crippen LogP contribution in [0.4, 0.5) is 18.9 Å². The molecule has 2 heterocycles. The van der Waals surface area contributed by atoms with Crippen molar-refractivity contribution >= 4 is 22.6 Å². The van der Waals surface area contributed by atoms with Crippen LogP contribution < -0.4 is 15.6 Å². The van der Waals surface area contributed by atoms with Crippen molar-refractivity contribution in [2.45, 2.75) is 33.2 Å². The summed E-state index contributed by atoms with van der Waals surface area (Å²) >= 11 is 0. The molecular weight excluding hydrogens is 447 g/mol. The lowest BCUT2D eigenvalue weighted by atomic mass is 10.0. The van der Waals surface area contributed by atoms with Crippen LogP contribution in [0.2, 0.25) is 0 Å². The Bertz CT molecular complexity index is 1340. The number of fused-ring (bicyclic) bond motifs is 1. The standard InChI is InChI=1S/C25H26F3N3O3/c1-4-29-14(3)15-7-8-30(11-15)21-10-20-22(13(2)23(21)28)24(32)17(25(33)34)12-31(20)19-6-5-16(26)9-18(19)27/h5-6,9-10,12,14-15,29H,4,7-8,11H2,1-3H3,(H,33,34). The van der Waals surface area contributed by atoms with Crippen molar-refractivity contribution in [2.75, 3.05) is 24.5 Å². The zero-order valence-corrected chi connectivity index (χ0v) is 19.2. The van der Waals surface area contributed by atoms with E-state index in [-0.39, 0.29) is 33.9 Å². The third kappa shape index (κ3) is 4.04. The maximum Gasteiger partial charge on any atom is 0.341 e. The number of nitrogens with one attached hydrogen (secondary N) is 1. The topological polar surface area (TPSA) is 74.6 Å². The average molecular weight is 473 g/mol. The monoisotopic (exact) mass is 473 g/mol. The van der Waals surface area contributed by atoms with Gasteiger partial charge in [0, 0.05) is 37.0 Å². The van der Waals surface area contributed by atoms with Gasteiger partial charge in [-0.15, -0.1) is 0 Å². The minimum atomic E-state index is -1.52. The van der Waals surface area contributed by atoms with Gasteiger partial charge in [-0.1, -0.05) is 6.92 Å². The number of benzene rings is 2. The number of carboxylic acid groups (broad SMARTS) is 1. The van der Waals surface area contributed by atoms with Crippen LogP contribution in [-0.2, 0) is 0 Å². The van der Waals surface area contributed by atoms with Gasteiger partial charge in [-0.2, -0.15) is 0 Å². The Morgan fingerprint density at radius 1 is 1.24 bits per heavy atom. The van der Waals surface area contributed by atoms with Gasteiger partial charge >= 0.3 is 5.97 Å². The molecule has 0 bridgehead atoms. The molecule has 0 spiro atoms. The normalized spacial score (nSPS) is 16.9. The van der Waals surface area contributed by atoms with Crippen LogP contribution >= 0.6 is 0 Å². The van der Waals surface area contributed by atoms with Crippen molar-refractivity contribution in [1.82, 2.24) is 9.88 Å². The third-order valence-corrected chi connectivity index (χ3v) is 6.65. The number of hydrogen-bond donors (Lipinski definition) is 2. The second-order valence-corrected chi connectivity index (χ2v) is 8.71. The summed E-state index contributed by atoms with van der Waals surface area (Å²) in [6, 6.07) is 4.55. The summed E-state index contributed by atoms with van der Waals surface area (Å²) in [6.45, 7) is 7.54. The molecule has 2 atom stereocenters. The highest BCUT2D eigenvalue weighted by Gasteiger charge is 2.30. The number of anilines is 1. The predicted octanol–water partition coefficient (Wildman–Crippen LogP) is 4.24. The van der Waals surface area contributed by atoms with Crippen molar-refractivity contribution < 1.29 is 23.1 Å². The minimum absolute atomic E-state index is 0.0138. The van der Waals surface area contributed by atoms with E-state index in [2.05, 4.69) is 12.2 Å². The predicted molar refractivity (Wildman–Crippen MR) is 125 cm³/mol. The summed E-state index contributed by atoms with van der Waals surface area (Å²) in [6.07, 6.45) is 1.85. The Balaban J connectivity index is 1.95. The average Bonchev–Trinajstić information content (AvgIpc) is 3.27. The molecular formula is C25H26F3N3O3. The van der Waals surface area contributed by atoms with Crippen LogP contribution in [0.5, 0.6) is 0 Å². The Kier molecular flexibility index (Phi) is 6.40. The number of aromatic nitrogens is 1. The van der Waals surface area contributed by atoms with Crippen LogP contribution in [0, 0.1) is 30.3 Å². The van der Waals surface area contributed by atoms with Crippen molar-refractivity contribution in [1.29, 1.82) is 0 Å². The van der Waals surface area contributed by atoms with Gasteiger partial charge in [0.05, 0.1) is 22.3 Å². The second kappa shape index (κ2) is 9.13. The Morgan fingerprint density at radius 3 is 2.62 bits per heavy atom. The molecule has 1 aliphatic heterocycles. The quantitative estimate of drug-likeness (QED) is 0.560. The molecule has 2 unspecified atom stereocenters. The molecule has 1 aromatic heterocycles. The maximum atomic E-state index is 15.6. The number of aromatic carboxylic acids is 1. The van der Waals surface area contributed by atoms with Crippen LogP contribution in [0.3, 0.4) is 0 Å². The first-order valence-corrected chi connectivity index (χ1v) is 11.2. The summed E-state index contributed by atoms with van der Waals surface area (Å²) in [5, 5.41) is 12.8. The van der Waals surface area contributed by atoms with E-state index in [0.717, 1.165) is 31.3 Å². The fourth-order valence-electron chi connectivity index (χ4n) is 4.79. The highest BCUT2D eigenvalue weighted by atomic mass is 19.1. The molecule has 0 saturated carbocycles. The third-order valence-electron chi connectivity index (χ3n) is 6.65. The maximum absolute atomic E-state index is 15.6. The van der Waals surface area contributed by atoms with Crippen LogP contribution in [0.1, 0.15) is 36.2 Å². The van der Waals surface area contributed by atoms with Gasteiger partial charge in [0.2, 0.25) is 5.43 Å². The molecule has 0 radical (unpaired) electrons. The summed E-state index contributed by atoms with van der Waals surface area (Å²) in [4.78, 5) is 26.6. The lowest BCUT2D eigenvalue weighted by Gasteiger charge is -2.24. The molecule has 0 amide bonds. The van der Waals surface area contributed by atoms with E-state index in [9.17, 15) is 23.5 Å². The molecule has 9 heteroatoms. The number of carbonyl (C=O) groups is 1. The van der Waals surface area contributed by atoms with Gasteiger partial charge in [-0.05, 0) is 50.9 Å². The van der Waals surface area contributed by atoms with E-state index in [4.69, 9.17) is 0 Å². The number of pyridine rings is 1. The molecule has 2 aromatic carbocycles. The summed E-state index contributed by atoms with van der Waals surface area (Å²) in [5.74, 6) is -3.58. The van der Waals surface area contributed by atoms with Gasteiger partial charge in [0.1, 0.15) is 23.0 Å². The van der Waals surface area contributed by atoms with E-state index in [1.54, 1.807) is 0 Å². The van der Waals surface area contributed by atoms with Crippen LogP contribution in [0.25, 0.3) is 16.6 Å². The zero-order chi connectivity index (χ0) is 24.7. The lowest BCUT2D eigenvalue weighted by molar-refractivity contribution is 0.0695. The smallest absolute Gasteiger partial charge is 0.341 e. The number of halogens is 3. The van der Waals surface area contributed by atoms with Gasteiger partial charge in [0.25, 0.3) is 0 Å². The molecule has 0 aliphatic carbocycles. The number of nitrogens with zero attached hydrogens (tertiary/aromatic N) is 2. The van der Waals surface area contributed by atoms with Crippen molar-refractivity contribution in [3.63, 3.8) is 0 Å². The van der Waals surface area contributed by atoms with Gasteiger partial charge in [-0.25, -0.2) is 18.0 Å². The van der Waals surface area contributed by atoms with E-state index in [1.165, 1.54) is 17.6 Å². The molecule has 3 aromatic rings. The summed E-state index contributed by atoms with van der Waals surface area (Å²) in [7, 11) is 0. The van der Waals surface area contributed by atoms with Crippen molar-refractivity contribution in [2.24, 2.45) is 5.92 Å². The SMILES string of the molecule is CCNC(C)C1CCN(c2cc3c(c(C)c2F)c(=O)c(C(=O)O)cn3-c2ccc(F)cc2F)C1. The Labute approximate surface area is 194 Å². The molecule has 2 N–H and O–H groups in total. The zero-order valence-electron chi connectivity index (χ0n) is 19.2. The minimum Gasteiger partial charge on any atom is -0.477 e. The molecule has 180 valence electrons. The fraction of sp³-hybridized carbons (Fsp3) is 0.360. The summed E-state index contributed by atoms with van der Waals surface area (Å²) < 4.78 is 45.0. The van der Waals surface area contributed by atoms with Crippen LogP contribution in [-0.4, -0.2) is 41.3 Å². The summed E-state index contributed by atoms with van der Waals surface area (Å²) in [5.41, 5.74) is -1.24. The van der Waals surface area contributed by atoms with E-state index in [0.29, 0.717) is 25.1 Å². The molecule has 4 rings (SSSR count). The second-order valence-electron chi connectivity index (χ2n) is 8.71. The molecule has 1 fully saturated rings. The first kappa shape index (κ1) is 23.8. The van der Waals surface area contributed by atoms with E-state index >= 15 is 4.39 Å². The highest BCUT2D eigenvalue weighted by Crippen LogP contribution is 2.34. The van der Waals surface area contributed by atoms with Crippen molar-refractivity contribution in [3.05, 3.63) is 69.3 Å². The van der Waals surface area contributed by atoms with E-state index < -0.39 is 34.4 Å². The Morgan fingerprint density at radius 2 is 1.97 bits per heavy atom. The number of aryl methyl sites for hydroxylation is 1. The largest absolute Gasteiger partial charge is 0.477 e. The van der Waals surface area contributed by atoms with Crippen LogP contribution in [0.15, 0.2) is 35.3 Å². The van der Waals surface area contributed by atoms with Gasteiger partial charge < -0.3 is 19.9 Å². The number of hydrogen-bond acceptors (Lipinski definition) is 4. The Hall–Kier alpha value is -3.33. The number of rotatable bonds is 6. The van der Waals surface area contributed by atoms with Gasteiger partial charge in [-0.3, -0.25) is 4.79 Å². The molecule has 1 saturated heterocycles. The first-order chi connectivity index (χ1) is 16.1. The highest BCUT2D eigenvalue weighted by molar-refractivity contribution is 5.95. The van der Waals surface area contributed by atoms with E-state index in [1.807, 2.05) is 11.8 Å². The van der Waals surface area contributed by atoms with Crippen molar-refractivity contribution in [3.8, 4) is 5.69 Å². The lowest BCUT2D eigenvalue weighted by Crippen LogP contribution is -2.35.